The quantitative estimate of drug-likeness (QED) is 0.889. The molecule has 1 N–H and O–H groups in total. The average Bonchev–Trinajstić information content (AvgIpc) is 2.85. The molecule has 19 heavy (non-hydrogen) atoms. The van der Waals surface area contributed by atoms with Crippen LogP contribution >= 0.6 is 0 Å². The Hall–Kier alpha value is -1.68. The van der Waals surface area contributed by atoms with E-state index in [-0.39, 0.29) is 11.9 Å². The molecule has 0 saturated carbocycles. The van der Waals surface area contributed by atoms with Crippen LogP contribution in [0.3, 0.4) is 0 Å². The third kappa shape index (κ3) is 3.20. The number of hydrogen-bond acceptors (Lipinski definition) is 3. The van der Waals surface area contributed by atoms with Crippen LogP contribution in [0.5, 0.6) is 0 Å². The molecule has 2 rings (SSSR count). The first-order valence-electron chi connectivity index (χ1n) is 6.57. The summed E-state index contributed by atoms with van der Waals surface area (Å²) in [6.07, 6.45) is 2.76. The number of nitrogens with one attached hydrogen (secondary N) is 1. The largest absolute Gasteiger partial charge is 0.439 e. The molecule has 0 bridgehead atoms. The van der Waals surface area contributed by atoms with Crippen LogP contribution in [0, 0.1) is 12.7 Å². The smallest absolute Gasteiger partial charge is 0.211 e. The molecule has 0 radical (unpaired) electrons. The van der Waals surface area contributed by atoms with Gasteiger partial charge in [0.15, 0.2) is 5.76 Å². The Balaban J connectivity index is 2.20. The summed E-state index contributed by atoms with van der Waals surface area (Å²) < 4.78 is 18.8. The van der Waals surface area contributed by atoms with Gasteiger partial charge in [0, 0.05) is 5.56 Å². The van der Waals surface area contributed by atoms with Crippen LogP contribution < -0.4 is 5.32 Å². The van der Waals surface area contributed by atoms with Crippen molar-refractivity contribution < 1.29 is 8.81 Å². The van der Waals surface area contributed by atoms with Gasteiger partial charge in [-0.15, -0.1) is 0 Å². The number of benzene rings is 1. The molecule has 2 aromatic rings. The molecule has 1 unspecified atom stereocenters. The summed E-state index contributed by atoms with van der Waals surface area (Å²) in [6, 6.07) is 4.73. The van der Waals surface area contributed by atoms with Crippen LogP contribution in [0.1, 0.15) is 37.8 Å². The highest BCUT2D eigenvalue weighted by Crippen LogP contribution is 2.26. The van der Waals surface area contributed by atoms with Crippen molar-refractivity contribution in [2.75, 3.05) is 6.54 Å². The van der Waals surface area contributed by atoms with Crippen molar-refractivity contribution in [1.29, 1.82) is 0 Å². The second-order valence-corrected chi connectivity index (χ2v) is 4.70. The summed E-state index contributed by atoms with van der Waals surface area (Å²) in [5.41, 5.74) is 1.72. The molecule has 0 aliphatic heterocycles. The molecule has 0 aliphatic carbocycles. The lowest BCUT2D eigenvalue weighted by molar-refractivity contribution is 0.423. The second-order valence-electron chi connectivity index (χ2n) is 4.70. The van der Waals surface area contributed by atoms with E-state index in [1.54, 1.807) is 12.3 Å². The van der Waals surface area contributed by atoms with Crippen molar-refractivity contribution in [3.63, 3.8) is 0 Å². The molecular formula is C15H19FN2O. The SMILES string of the molecule is CCCNC(C)c1ncc(-c2ccc(F)cc2C)o1. The van der Waals surface area contributed by atoms with Crippen LogP contribution in [0.4, 0.5) is 4.39 Å². The van der Waals surface area contributed by atoms with E-state index in [2.05, 4.69) is 17.2 Å². The van der Waals surface area contributed by atoms with Gasteiger partial charge in [-0.05, 0) is 50.6 Å². The zero-order valence-electron chi connectivity index (χ0n) is 11.5. The Labute approximate surface area is 112 Å². The van der Waals surface area contributed by atoms with Crippen LogP contribution in [-0.4, -0.2) is 11.5 Å². The van der Waals surface area contributed by atoms with Crippen LogP contribution in [0.15, 0.2) is 28.8 Å². The fourth-order valence-corrected chi connectivity index (χ4v) is 1.96. The van der Waals surface area contributed by atoms with Crippen LogP contribution in [0.2, 0.25) is 0 Å². The second kappa shape index (κ2) is 5.97. The van der Waals surface area contributed by atoms with Gasteiger partial charge >= 0.3 is 0 Å². The highest BCUT2D eigenvalue weighted by Gasteiger charge is 2.13. The maximum Gasteiger partial charge on any atom is 0.211 e. The highest BCUT2D eigenvalue weighted by molar-refractivity contribution is 5.60. The zero-order valence-corrected chi connectivity index (χ0v) is 11.5. The van der Waals surface area contributed by atoms with Gasteiger partial charge in [0.2, 0.25) is 5.89 Å². The topological polar surface area (TPSA) is 38.1 Å². The highest BCUT2D eigenvalue weighted by atomic mass is 19.1. The summed E-state index contributed by atoms with van der Waals surface area (Å²) in [7, 11) is 0. The molecule has 1 aromatic heterocycles. The number of halogens is 1. The van der Waals surface area contributed by atoms with Crippen LogP contribution in [-0.2, 0) is 0 Å². The van der Waals surface area contributed by atoms with Gasteiger partial charge in [0.25, 0.3) is 0 Å². The number of nitrogens with zero attached hydrogens (tertiary/aromatic N) is 1. The standard InChI is InChI=1S/C15H19FN2O/c1-4-7-17-11(3)15-18-9-14(19-15)13-6-5-12(16)8-10(13)2/h5-6,8-9,11,17H,4,7H2,1-3H3. The number of rotatable bonds is 5. The summed E-state index contributed by atoms with van der Waals surface area (Å²) in [5.74, 6) is 1.10. The maximum atomic E-state index is 13.1. The molecule has 3 nitrogen and oxygen atoms in total. The number of aryl methyl sites for hydroxylation is 1. The first-order chi connectivity index (χ1) is 9.11. The third-order valence-electron chi connectivity index (χ3n) is 3.05. The van der Waals surface area contributed by atoms with Gasteiger partial charge in [0.1, 0.15) is 5.82 Å². The number of hydrogen-bond donors (Lipinski definition) is 1. The minimum atomic E-state index is -0.237. The first-order valence-corrected chi connectivity index (χ1v) is 6.57. The van der Waals surface area contributed by atoms with E-state index in [1.165, 1.54) is 12.1 Å². The molecule has 1 atom stereocenters. The van der Waals surface area contributed by atoms with Gasteiger partial charge in [0.05, 0.1) is 12.2 Å². The molecule has 102 valence electrons. The maximum absolute atomic E-state index is 13.1. The molecule has 1 aromatic carbocycles. The lowest BCUT2D eigenvalue weighted by Gasteiger charge is -2.08. The summed E-state index contributed by atoms with van der Waals surface area (Å²) in [6.45, 7) is 6.92. The van der Waals surface area contributed by atoms with Crippen molar-refractivity contribution in [2.45, 2.75) is 33.2 Å². The van der Waals surface area contributed by atoms with Gasteiger partial charge in [-0.2, -0.15) is 0 Å². The fourth-order valence-electron chi connectivity index (χ4n) is 1.96. The molecule has 0 saturated heterocycles. The molecule has 0 aliphatic rings. The van der Waals surface area contributed by atoms with Crippen LogP contribution in [0.25, 0.3) is 11.3 Å². The Morgan fingerprint density at radius 1 is 1.42 bits per heavy atom. The van der Waals surface area contributed by atoms with Gasteiger partial charge in [-0.3, -0.25) is 0 Å². The van der Waals surface area contributed by atoms with Crippen molar-refractivity contribution >= 4 is 0 Å². The molecule has 4 heteroatoms. The Morgan fingerprint density at radius 3 is 2.89 bits per heavy atom. The Morgan fingerprint density at radius 2 is 2.21 bits per heavy atom. The lowest BCUT2D eigenvalue weighted by atomic mass is 10.1. The average molecular weight is 262 g/mol. The zero-order chi connectivity index (χ0) is 13.8. The van der Waals surface area contributed by atoms with E-state index in [9.17, 15) is 4.39 Å². The van der Waals surface area contributed by atoms with E-state index in [4.69, 9.17) is 4.42 Å². The summed E-state index contributed by atoms with van der Waals surface area (Å²) in [5, 5.41) is 3.32. The minimum absolute atomic E-state index is 0.0782. The van der Waals surface area contributed by atoms with Crippen molar-refractivity contribution in [3.05, 3.63) is 41.7 Å². The predicted molar refractivity (Wildman–Crippen MR) is 73.3 cm³/mol. The molecule has 1 heterocycles. The third-order valence-corrected chi connectivity index (χ3v) is 3.05. The Kier molecular flexibility index (Phi) is 4.32. The van der Waals surface area contributed by atoms with Crippen molar-refractivity contribution in [2.24, 2.45) is 0 Å². The van der Waals surface area contributed by atoms with E-state index < -0.39 is 0 Å². The Bertz CT molecular complexity index is 551. The van der Waals surface area contributed by atoms with Gasteiger partial charge in [-0.25, -0.2) is 9.37 Å². The monoisotopic (exact) mass is 262 g/mol. The number of oxazole rings is 1. The molecule has 0 amide bonds. The molecular weight excluding hydrogens is 243 g/mol. The normalized spacial score (nSPS) is 12.6. The summed E-state index contributed by atoms with van der Waals surface area (Å²) >= 11 is 0. The number of aromatic nitrogens is 1. The fraction of sp³-hybridized carbons (Fsp3) is 0.400. The molecule has 0 fully saturated rings. The minimum Gasteiger partial charge on any atom is -0.439 e. The first kappa shape index (κ1) is 13.7. The van der Waals surface area contributed by atoms with Crippen molar-refractivity contribution in [1.82, 2.24) is 10.3 Å². The van der Waals surface area contributed by atoms with E-state index in [0.29, 0.717) is 11.7 Å². The molecule has 0 spiro atoms. The van der Waals surface area contributed by atoms with E-state index >= 15 is 0 Å². The van der Waals surface area contributed by atoms with Gasteiger partial charge in [-0.1, -0.05) is 6.92 Å². The summed E-state index contributed by atoms with van der Waals surface area (Å²) in [4.78, 5) is 4.29. The van der Waals surface area contributed by atoms with E-state index in [1.807, 2.05) is 13.8 Å². The lowest BCUT2D eigenvalue weighted by Crippen LogP contribution is -2.19. The predicted octanol–water partition coefficient (Wildman–Crippen LogP) is 3.85. The van der Waals surface area contributed by atoms with Crippen molar-refractivity contribution in [3.8, 4) is 11.3 Å². The van der Waals surface area contributed by atoms with E-state index in [0.717, 1.165) is 24.1 Å². The van der Waals surface area contributed by atoms with Gasteiger partial charge < -0.3 is 9.73 Å².